The molecule has 0 amide bonds. The van der Waals surface area contributed by atoms with E-state index in [1.54, 1.807) is 0 Å². The highest BCUT2D eigenvalue weighted by Crippen LogP contribution is 2.36. The summed E-state index contributed by atoms with van der Waals surface area (Å²) in [4.78, 5) is 0. The van der Waals surface area contributed by atoms with Gasteiger partial charge in [0, 0.05) is 12.6 Å². The Morgan fingerprint density at radius 1 is 1.38 bits per heavy atom. The average Bonchev–Trinajstić information content (AvgIpc) is 2.39. The van der Waals surface area contributed by atoms with Crippen LogP contribution < -0.4 is 5.32 Å². The second kappa shape index (κ2) is 5.05. The maximum Gasteiger partial charge on any atom is 0.0669 e. The predicted molar refractivity (Wildman–Crippen MR) is 69.5 cm³/mol. The summed E-state index contributed by atoms with van der Waals surface area (Å²) < 4.78 is 0. The first-order chi connectivity index (χ1) is 7.18. The molecule has 1 rings (SSSR count). The van der Waals surface area contributed by atoms with Crippen LogP contribution in [0, 0.1) is 10.8 Å². The minimum absolute atomic E-state index is 0.205. The first kappa shape index (κ1) is 14.0. The summed E-state index contributed by atoms with van der Waals surface area (Å²) in [5, 5.41) is 13.4. The third-order valence-corrected chi connectivity index (χ3v) is 3.46. The van der Waals surface area contributed by atoms with E-state index in [0.29, 0.717) is 11.5 Å². The van der Waals surface area contributed by atoms with Gasteiger partial charge in [0.2, 0.25) is 0 Å². The highest BCUT2D eigenvalue weighted by Gasteiger charge is 2.30. The molecule has 2 unspecified atom stereocenters. The van der Waals surface area contributed by atoms with Crippen molar-refractivity contribution in [3.05, 3.63) is 0 Å². The second-order valence-corrected chi connectivity index (χ2v) is 7.43. The van der Waals surface area contributed by atoms with Gasteiger partial charge in [-0.1, -0.05) is 34.6 Å². The summed E-state index contributed by atoms with van der Waals surface area (Å²) >= 11 is 0. The van der Waals surface area contributed by atoms with Gasteiger partial charge in [-0.05, 0) is 36.5 Å². The zero-order valence-corrected chi connectivity index (χ0v) is 11.6. The Kier molecular flexibility index (Phi) is 4.42. The lowest BCUT2D eigenvalue weighted by Gasteiger charge is -2.24. The fraction of sp³-hybridized carbons (Fsp3) is 1.00. The van der Waals surface area contributed by atoms with Gasteiger partial charge in [0.1, 0.15) is 0 Å². The maximum absolute atomic E-state index is 9.91. The first-order valence-electron chi connectivity index (χ1n) is 6.59. The quantitative estimate of drug-likeness (QED) is 0.774. The van der Waals surface area contributed by atoms with Gasteiger partial charge in [-0.3, -0.25) is 0 Å². The van der Waals surface area contributed by atoms with Crippen molar-refractivity contribution in [2.45, 2.75) is 72.4 Å². The van der Waals surface area contributed by atoms with E-state index in [1.165, 1.54) is 19.3 Å². The molecule has 0 spiro atoms. The normalized spacial score (nSPS) is 27.0. The van der Waals surface area contributed by atoms with Gasteiger partial charge in [-0.25, -0.2) is 0 Å². The van der Waals surface area contributed by atoms with Gasteiger partial charge >= 0.3 is 0 Å². The molecule has 0 aliphatic heterocycles. The fourth-order valence-corrected chi connectivity index (χ4v) is 2.69. The first-order valence-corrected chi connectivity index (χ1v) is 6.59. The van der Waals surface area contributed by atoms with Crippen molar-refractivity contribution in [1.29, 1.82) is 0 Å². The highest BCUT2D eigenvalue weighted by molar-refractivity contribution is 4.87. The molecule has 2 nitrogen and oxygen atoms in total. The Morgan fingerprint density at radius 2 is 2.00 bits per heavy atom. The number of hydrogen-bond acceptors (Lipinski definition) is 2. The molecular weight excluding hydrogens is 198 g/mol. The van der Waals surface area contributed by atoms with E-state index in [9.17, 15) is 5.11 Å². The molecule has 0 heterocycles. The number of hydrogen-bond donors (Lipinski definition) is 2. The lowest BCUT2D eigenvalue weighted by atomic mass is 9.89. The Labute approximate surface area is 101 Å². The molecule has 1 fully saturated rings. The molecule has 0 bridgehead atoms. The molecule has 2 heteroatoms. The molecule has 96 valence electrons. The molecule has 1 aliphatic rings. The third-order valence-electron chi connectivity index (χ3n) is 3.46. The molecule has 2 atom stereocenters. The second-order valence-electron chi connectivity index (χ2n) is 7.43. The molecule has 0 aromatic rings. The standard InChI is InChI=1S/C14H29NO/c1-13(2,3)9-12(16)10-15-11-6-7-14(4,5)8-11/h11-12,15-16H,6-10H2,1-5H3. The van der Waals surface area contributed by atoms with Crippen molar-refractivity contribution in [3.8, 4) is 0 Å². The van der Waals surface area contributed by atoms with Crippen LogP contribution in [-0.4, -0.2) is 23.8 Å². The van der Waals surface area contributed by atoms with Crippen molar-refractivity contribution in [3.63, 3.8) is 0 Å². The van der Waals surface area contributed by atoms with Crippen LogP contribution in [0.3, 0.4) is 0 Å². The molecule has 16 heavy (non-hydrogen) atoms. The van der Waals surface area contributed by atoms with Crippen LogP contribution in [0.2, 0.25) is 0 Å². The number of nitrogens with one attached hydrogen (secondary N) is 1. The van der Waals surface area contributed by atoms with Crippen LogP contribution in [0.5, 0.6) is 0 Å². The largest absolute Gasteiger partial charge is 0.392 e. The topological polar surface area (TPSA) is 32.3 Å². The maximum atomic E-state index is 9.91. The van der Waals surface area contributed by atoms with E-state index in [2.05, 4.69) is 39.9 Å². The predicted octanol–water partition coefficient (Wildman–Crippen LogP) is 2.95. The monoisotopic (exact) mass is 227 g/mol. The smallest absolute Gasteiger partial charge is 0.0669 e. The summed E-state index contributed by atoms with van der Waals surface area (Å²) in [6.07, 6.45) is 4.48. The van der Waals surface area contributed by atoms with Gasteiger partial charge in [0.25, 0.3) is 0 Å². The highest BCUT2D eigenvalue weighted by atomic mass is 16.3. The van der Waals surface area contributed by atoms with Gasteiger partial charge in [-0.15, -0.1) is 0 Å². The van der Waals surface area contributed by atoms with E-state index >= 15 is 0 Å². The Morgan fingerprint density at radius 3 is 2.44 bits per heavy atom. The van der Waals surface area contributed by atoms with E-state index in [1.807, 2.05) is 0 Å². The van der Waals surface area contributed by atoms with Crippen LogP contribution in [0.4, 0.5) is 0 Å². The van der Waals surface area contributed by atoms with E-state index in [-0.39, 0.29) is 11.5 Å². The zero-order chi connectivity index (χ0) is 12.4. The summed E-state index contributed by atoms with van der Waals surface area (Å²) in [5.74, 6) is 0. The van der Waals surface area contributed by atoms with E-state index < -0.39 is 0 Å². The number of aliphatic hydroxyl groups excluding tert-OH is 1. The fourth-order valence-electron chi connectivity index (χ4n) is 2.69. The molecule has 0 aromatic heterocycles. The van der Waals surface area contributed by atoms with Crippen LogP contribution >= 0.6 is 0 Å². The Bertz CT molecular complexity index is 217. The molecule has 0 aromatic carbocycles. The lowest BCUT2D eigenvalue weighted by molar-refractivity contribution is 0.116. The summed E-state index contributed by atoms with van der Waals surface area (Å²) in [6, 6.07) is 0.615. The minimum Gasteiger partial charge on any atom is -0.392 e. The molecular formula is C14H29NO. The molecule has 1 aliphatic carbocycles. The summed E-state index contributed by atoms with van der Waals surface area (Å²) in [5.41, 5.74) is 0.711. The Balaban J connectivity index is 2.20. The average molecular weight is 227 g/mol. The van der Waals surface area contributed by atoms with Gasteiger partial charge in [0.05, 0.1) is 6.10 Å². The molecule has 0 radical (unpaired) electrons. The summed E-state index contributed by atoms with van der Waals surface area (Å²) in [6.45, 7) is 11.9. The van der Waals surface area contributed by atoms with Crippen molar-refractivity contribution in [2.75, 3.05) is 6.54 Å². The van der Waals surface area contributed by atoms with Crippen LogP contribution in [0.25, 0.3) is 0 Å². The van der Waals surface area contributed by atoms with Gasteiger partial charge in [0.15, 0.2) is 0 Å². The number of aliphatic hydroxyl groups is 1. The Hall–Kier alpha value is -0.0800. The van der Waals surface area contributed by atoms with E-state index in [0.717, 1.165) is 13.0 Å². The van der Waals surface area contributed by atoms with Crippen LogP contribution in [0.1, 0.15) is 60.3 Å². The SMILES string of the molecule is CC(C)(C)CC(O)CNC1CCC(C)(C)C1. The van der Waals surface area contributed by atoms with Gasteiger partial charge < -0.3 is 10.4 Å². The van der Waals surface area contributed by atoms with Gasteiger partial charge in [-0.2, -0.15) is 0 Å². The van der Waals surface area contributed by atoms with Crippen molar-refractivity contribution < 1.29 is 5.11 Å². The van der Waals surface area contributed by atoms with Crippen molar-refractivity contribution in [1.82, 2.24) is 5.32 Å². The van der Waals surface area contributed by atoms with Crippen molar-refractivity contribution in [2.24, 2.45) is 10.8 Å². The summed E-state index contributed by atoms with van der Waals surface area (Å²) in [7, 11) is 0. The van der Waals surface area contributed by atoms with Crippen molar-refractivity contribution >= 4 is 0 Å². The number of rotatable bonds is 4. The molecule has 2 N–H and O–H groups in total. The molecule has 0 saturated heterocycles. The van der Waals surface area contributed by atoms with Crippen LogP contribution in [0.15, 0.2) is 0 Å². The zero-order valence-electron chi connectivity index (χ0n) is 11.6. The minimum atomic E-state index is -0.205. The molecule has 1 saturated carbocycles. The van der Waals surface area contributed by atoms with E-state index in [4.69, 9.17) is 0 Å². The van der Waals surface area contributed by atoms with Crippen LogP contribution in [-0.2, 0) is 0 Å². The lowest BCUT2D eigenvalue weighted by Crippen LogP contribution is -2.36. The third kappa shape index (κ3) is 5.31.